The number of nitro groups is 1. The molecule has 0 unspecified atom stereocenters. The molecule has 100 valence electrons. The molecule has 1 heterocycles. The Kier molecular flexibility index (Phi) is 3.47. The first-order valence-electron chi connectivity index (χ1n) is 5.19. The molecule has 2 N–H and O–H groups in total. The minimum Gasteiger partial charge on any atom is -0.334 e. The van der Waals surface area contributed by atoms with Gasteiger partial charge >= 0.3 is 0 Å². The second-order valence-corrected chi connectivity index (χ2v) is 3.60. The van der Waals surface area contributed by atoms with Gasteiger partial charge < -0.3 is 10.3 Å². The standard InChI is InChI=1S/C10H8F2N4O3/c11-6-3-5(8(16(17)18)4-7(6)12)10-14-9(1-2-13)15-19-10/h3-4H,1-2,13H2. The number of nitro benzene ring substituents is 1. The normalized spacial score (nSPS) is 10.7. The topological polar surface area (TPSA) is 108 Å². The van der Waals surface area contributed by atoms with E-state index in [0.29, 0.717) is 18.6 Å². The summed E-state index contributed by atoms with van der Waals surface area (Å²) in [6.45, 7) is 0.263. The lowest BCUT2D eigenvalue weighted by Gasteiger charge is -1.99. The van der Waals surface area contributed by atoms with Crippen LogP contribution in [0.1, 0.15) is 5.82 Å². The number of nitrogens with two attached hydrogens (primary N) is 1. The van der Waals surface area contributed by atoms with Crippen molar-refractivity contribution >= 4 is 5.69 Å². The van der Waals surface area contributed by atoms with E-state index < -0.39 is 22.2 Å². The largest absolute Gasteiger partial charge is 0.334 e. The molecule has 2 rings (SSSR count). The first-order valence-corrected chi connectivity index (χ1v) is 5.19. The predicted molar refractivity (Wildman–Crippen MR) is 59.1 cm³/mol. The third-order valence-corrected chi connectivity index (χ3v) is 2.30. The van der Waals surface area contributed by atoms with Gasteiger partial charge in [-0.05, 0) is 12.6 Å². The fourth-order valence-corrected chi connectivity index (χ4v) is 1.45. The summed E-state index contributed by atoms with van der Waals surface area (Å²) in [7, 11) is 0. The van der Waals surface area contributed by atoms with E-state index in [0.717, 1.165) is 0 Å². The van der Waals surface area contributed by atoms with Gasteiger partial charge in [0.25, 0.3) is 11.6 Å². The number of hydrogen-bond donors (Lipinski definition) is 1. The SMILES string of the molecule is NCCc1noc(-c2cc(F)c(F)cc2[N+](=O)[O-])n1. The average Bonchev–Trinajstić information content (AvgIpc) is 2.81. The van der Waals surface area contributed by atoms with Crippen molar-refractivity contribution in [3.05, 3.63) is 39.7 Å². The number of hydrogen-bond acceptors (Lipinski definition) is 6. The molecule has 2 aromatic rings. The molecule has 0 spiro atoms. The zero-order valence-corrected chi connectivity index (χ0v) is 9.47. The smallest absolute Gasteiger partial charge is 0.285 e. The first kappa shape index (κ1) is 13.0. The van der Waals surface area contributed by atoms with Gasteiger partial charge in [0.1, 0.15) is 5.56 Å². The van der Waals surface area contributed by atoms with Gasteiger partial charge in [-0.25, -0.2) is 8.78 Å². The van der Waals surface area contributed by atoms with Gasteiger partial charge in [0.2, 0.25) is 0 Å². The van der Waals surface area contributed by atoms with Crippen LogP contribution in [0.15, 0.2) is 16.7 Å². The Morgan fingerprint density at radius 2 is 2.05 bits per heavy atom. The van der Waals surface area contributed by atoms with Crippen molar-refractivity contribution < 1.29 is 18.2 Å². The summed E-state index contributed by atoms with van der Waals surface area (Å²) in [4.78, 5) is 13.8. The summed E-state index contributed by atoms with van der Waals surface area (Å²) in [5, 5.41) is 14.3. The molecule has 0 amide bonds. The van der Waals surface area contributed by atoms with E-state index in [9.17, 15) is 18.9 Å². The molecule has 0 aliphatic heterocycles. The van der Waals surface area contributed by atoms with E-state index in [-0.39, 0.29) is 23.8 Å². The van der Waals surface area contributed by atoms with Gasteiger partial charge in [0, 0.05) is 6.42 Å². The van der Waals surface area contributed by atoms with Crippen LogP contribution in [-0.4, -0.2) is 21.6 Å². The Labute approximate surface area is 105 Å². The van der Waals surface area contributed by atoms with E-state index in [1.807, 2.05) is 0 Å². The number of nitrogens with zero attached hydrogens (tertiary/aromatic N) is 3. The van der Waals surface area contributed by atoms with Crippen molar-refractivity contribution in [3.8, 4) is 11.5 Å². The second kappa shape index (κ2) is 5.06. The van der Waals surface area contributed by atoms with Crippen LogP contribution in [0, 0.1) is 21.7 Å². The number of benzene rings is 1. The van der Waals surface area contributed by atoms with E-state index in [1.165, 1.54) is 0 Å². The maximum atomic E-state index is 13.2. The van der Waals surface area contributed by atoms with Crippen LogP contribution < -0.4 is 5.73 Å². The van der Waals surface area contributed by atoms with Crippen molar-refractivity contribution in [3.63, 3.8) is 0 Å². The molecule has 9 heteroatoms. The molecule has 0 bridgehead atoms. The fourth-order valence-electron chi connectivity index (χ4n) is 1.45. The summed E-state index contributed by atoms with van der Waals surface area (Å²) in [5.41, 5.74) is 4.36. The van der Waals surface area contributed by atoms with Crippen LogP contribution in [0.25, 0.3) is 11.5 Å². The van der Waals surface area contributed by atoms with Gasteiger partial charge in [0.05, 0.1) is 11.0 Å². The lowest BCUT2D eigenvalue weighted by molar-refractivity contribution is -0.384. The number of aromatic nitrogens is 2. The lowest BCUT2D eigenvalue weighted by atomic mass is 10.1. The molecule has 0 aliphatic rings. The molecule has 0 fully saturated rings. The van der Waals surface area contributed by atoms with Crippen LogP contribution in [0.5, 0.6) is 0 Å². The molecule has 1 aromatic carbocycles. The van der Waals surface area contributed by atoms with Crippen molar-refractivity contribution in [2.45, 2.75) is 6.42 Å². The van der Waals surface area contributed by atoms with Gasteiger partial charge in [-0.15, -0.1) is 0 Å². The van der Waals surface area contributed by atoms with Gasteiger partial charge in [0.15, 0.2) is 17.5 Å². The van der Waals surface area contributed by atoms with Crippen molar-refractivity contribution in [1.82, 2.24) is 10.1 Å². The van der Waals surface area contributed by atoms with E-state index >= 15 is 0 Å². The van der Waals surface area contributed by atoms with Crippen LogP contribution in [0.3, 0.4) is 0 Å². The molecule has 0 saturated carbocycles. The quantitative estimate of drug-likeness (QED) is 0.664. The molecular weight excluding hydrogens is 262 g/mol. The molecule has 19 heavy (non-hydrogen) atoms. The van der Waals surface area contributed by atoms with E-state index in [1.54, 1.807) is 0 Å². The zero-order valence-electron chi connectivity index (χ0n) is 9.47. The van der Waals surface area contributed by atoms with E-state index in [2.05, 4.69) is 10.1 Å². The fraction of sp³-hybridized carbons (Fsp3) is 0.200. The van der Waals surface area contributed by atoms with Gasteiger partial charge in [-0.1, -0.05) is 5.16 Å². The highest BCUT2D eigenvalue weighted by Crippen LogP contribution is 2.30. The first-order chi connectivity index (χ1) is 9.02. The zero-order chi connectivity index (χ0) is 14.0. The number of rotatable bonds is 4. The van der Waals surface area contributed by atoms with E-state index in [4.69, 9.17) is 10.3 Å². The van der Waals surface area contributed by atoms with Crippen LogP contribution in [0.2, 0.25) is 0 Å². The van der Waals surface area contributed by atoms with Crippen LogP contribution in [-0.2, 0) is 6.42 Å². The maximum absolute atomic E-state index is 13.2. The highest BCUT2D eigenvalue weighted by molar-refractivity contribution is 5.66. The Morgan fingerprint density at radius 3 is 2.68 bits per heavy atom. The molecule has 0 saturated heterocycles. The maximum Gasteiger partial charge on any atom is 0.285 e. The van der Waals surface area contributed by atoms with Crippen LogP contribution >= 0.6 is 0 Å². The van der Waals surface area contributed by atoms with Gasteiger partial charge in [-0.2, -0.15) is 4.98 Å². The second-order valence-electron chi connectivity index (χ2n) is 3.60. The number of halogens is 2. The Bertz CT molecular complexity index is 629. The van der Waals surface area contributed by atoms with Crippen LogP contribution in [0.4, 0.5) is 14.5 Å². The lowest BCUT2D eigenvalue weighted by Crippen LogP contribution is -2.03. The summed E-state index contributed by atoms with van der Waals surface area (Å²) >= 11 is 0. The summed E-state index contributed by atoms with van der Waals surface area (Å²) in [5.74, 6) is -2.58. The van der Waals surface area contributed by atoms with Crippen molar-refractivity contribution in [2.75, 3.05) is 6.54 Å². The molecule has 0 radical (unpaired) electrons. The Hall–Kier alpha value is -2.42. The average molecular weight is 270 g/mol. The van der Waals surface area contributed by atoms with Gasteiger partial charge in [-0.3, -0.25) is 10.1 Å². The van der Waals surface area contributed by atoms with Crippen molar-refractivity contribution in [1.29, 1.82) is 0 Å². The molecule has 1 aromatic heterocycles. The summed E-state index contributed by atoms with van der Waals surface area (Å²) in [6.07, 6.45) is 0.307. The van der Waals surface area contributed by atoms with Crippen molar-refractivity contribution in [2.24, 2.45) is 5.73 Å². The Morgan fingerprint density at radius 1 is 1.37 bits per heavy atom. The highest BCUT2D eigenvalue weighted by atomic mass is 19.2. The summed E-state index contributed by atoms with van der Waals surface area (Å²) < 4.78 is 30.9. The minimum atomic E-state index is -1.32. The third kappa shape index (κ3) is 2.55. The summed E-state index contributed by atoms with van der Waals surface area (Å²) in [6, 6.07) is 1.12. The molecule has 0 atom stereocenters. The molecule has 0 aliphatic carbocycles. The highest BCUT2D eigenvalue weighted by Gasteiger charge is 2.24. The third-order valence-electron chi connectivity index (χ3n) is 2.30. The Balaban J connectivity index is 2.53. The minimum absolute atomic E-state index is 0.233. The monoisotopic (exact) mass is 270 g/mol. The predicted octanol–water partition coefficient (Wildman–Crippen LogP) is 1.42. The molecular formula is C10H8F2N4O3. The molecule has 7 nitrogen and oxygen atoms in total.